The van der Waals surface area contributed by atoms with Crippen LogP contribution in [0.3, 0.4) is 0 Å². The average Bonchev–Trinajstić information content (AvgIpc) is 3.21. The SMILES string of the molecule is CCCn1c(=O)c(C)nc2cc(-c3noc([C@@H](C)Oc4cccc(Cl)c4)n3)ccc21. The summed E-state index contributed by atoms with van der Waals surface area (Å²) >= 11 is 6.00. The van der Waals surface area contributed by atoms with E-state index in [0.717, 1.165) is 17.5 Å². The third kappa shape index (κ3) is 3.93. The van der Waals surface area contributed by atoms with Crippen LogP contribution in [0.5, 0.6) is 5.75 Å². The maximum absolute atomic E-state index is 12.4. The minimum Gasteiger partial charge on any atom is -0.481 e. The van der Waals surface area contributed by atoms with Gasteiger partial charge >= 0.3 is 0 Å². The zero-order valence-electron chi connectivity index (χ0n) is 16.9. The molecule has 0 aliphatic carbocycles. The number of halogens is 1. The topological polar surface area (TPSA) is 83.0 Å². The molecule has 0 amide bonds. The van der Waals surface area contributed by atoms with Gasteiger partial charge in [-0.15, -0.1) is 0 Å². The quantitative estimate of drug-likeness (QED) is 0.435. The molecule has 0 bridgehead atoms. The van der Waals surface area contributed by atoms with Crippen LogP contribution in [0.15, 0.2) is 51.8 Å². The highest BCUT2D eigenvalue weighted by atomic mass is 35.5. The van der Waals surface area contributed by atoms with Crippen LogP contribution in [0.4, 0.5) is 0 Å². The lowest BCUT2D eigenvalue weighted by molar-refractivity contribution is 0.176. The number of hydrogen-bond acceptors (Lipinski definition) is 6. The third-order valence-corrected chi connectivity index (χ3v) is 4.95. The number of benzene rings is 2. The standard InChI is InChI=1S/C22H21ClN4O3/c1-4-10-27-19-9-8-15(11-18(19)24-13(2)22(27)28)20-25-21(30-26-20)14(3)29-17-7-5-6-16(23)12-17/h5-9,11-12,14H,4,10H2,1-3H3/t14-/m1/s1. The number of rotatable bonds is 6. The molecular formula is C22H21ClN4O3. The van der Waals surface area contributed by atoms with Crippen molar-refractivity contribution in [3.05, 3.63) is 69.4 Å². The first-order valence-corrected chi connectivity index (χ1v) is 10.1. The number of fused-ring (bicyclic) bond motifs is 1. The predicted octanol–water partition coefficient (Wildman–Crippen LogP) is 4.96. The van der Waals surface area contributed by atoms with E-state index < -0.39 is 6.10 Å². The molecule has 7 nitrogen and oxygen atoms in total. The number of hydrogen-bond donors (Lipinski definition) is 0. The van der Waals surface area contributed by atoms with Gasteiger partial charge in [-0.3, -0.25) is 4.79 Å². The molecule has 1 atom stereocenters. The Kier molecular flexibility index (Phi) is 5.55. The van der Waals surface area contributed by atoms with Crippen LogP contribution in [0.25, 0.3) is 22.4 Å². The molecule has 30 heavy (non-hydrogen) atoms. The number of aromatic nitrogens is 4. The monoisotopic (exact) mass is 424 g/mol. The lowest BCUT2D eigenvalue weighted by atomic mass is 10.1. The van der Waals surface area contributed by atoms with E-state index in [1.165, 1.54) is 0 Å². The molecule has 154 valence electrons. The van der Waals surface area contributed by atoms with Gasteiger partial charge in [0.25, 0.3) is 11.4 Å². The highest BCUT2D eigenvalue weighted by Gasteiger charge is 2.18. The summed E-state index contributed by atoms with van der Waals surface area (Å²) in [6, 6.07) is 12.7. The van der Waals surface area contributed by atoms with Crippen molar-refractivity contribution >= 4 is 22.6 Å². The second-order valence-corrected chi connectivity index (χ2v) is 7.47. The first-order valence-electron chi connectivity index (χ1n) is 9.73. The molecule has 0 N–H and O–H groups in total. The Morgan fingerprint density at radius 3 is 2.80 bits per heavy atom. The fourth-order valence-corrected chi connectivity index (χ4v) is 3.45. The lowest BCUT2D eigenvalue weighted by Crippen LogP contribution is -2.24. The van der Waals surface area contributed by atoms with Gasteiger partial charge in [0, 0.05) is 17.1 Å². The van der Waals surface area contributed by atoms with E-state index in [1.807, 2.05) is 44.2 Å². The second-order valence-electron chi connectivity index (χ2n) is 7.03. The van der Waals surface area contributed by atoms with Gasteiger partial charge in [-0.05, 0) is 56.7 Å². The summed E-state index contributed by atoms with van der Waals surface area (Å²) in [5.41, 5.74) is 2.66. The highest BCUT2D eigenvalue weighted by molar-refractivity contribution is 6.30. The Bertz CT molecular complexity index is 1260. The zero-order valence-corrected chi connectivity index (χ0v) is 17.7. The van der Waals surface area contributed by atoms with Gasteiger partial charge in [-0.2, -0.15) is 4.98 Å². The number of nitrogens with zero attached hydrogens (tertiary/aromatic N) is 4. The minimum atomic E-state index is -0.444. The van der Waals surface area contributed by atoms with E-state index in [2.05, 4.69) is 15.1 Å². The van der Waals surface area contributed by atoms with Crippen LogP contribution in [-0.4, -0.2) is 19.7 Å². The molecule has 0 radical (unpaired) electrons. The van der Waals surface area contributed by atoms with Crippen molar-refractivity contribution in [2.45, 2.75) is 39.8 Å². The van der Waals surface area contributed by atoms with E-state index in [-0.39, 0.29) is 5.56 Å². The fourth-order valence-electron chi connectivity index (χ4n) is 3.27. The first kappa shape index (κ1) is 20.1. The summed E-state index contributed by atoms with van der Waals surface area (Å²) in [4.78, 5) is 21.3. The molecule has 2 aromatic heterocycles. The Morgan fingerprint density at radius 1 is 1.20 bits per heavy atom. The van der Waals surface area contributed by atoms with Crippen LogP contribution in [0.2, 0.25) is 5.02 Å². The Hall–Kier alpha value is -3.19. The van der Waals surface area contributed by atoms with Crippen molar-refractivity contribution in [3.63, 3.8) is 0 Å². The maximum atomic E-state index is 12.4. The summed E-state index contributed by atoms with van der Waals surface area (Å²) in [7, 11) is 0. The summed E-state index contributed by atoms with van der Waals surface area (Å²) in [5.74, 6) is 1.40. The molecule has 0 spiro atoms. The maximum Gasteiger partial charge on any atom is 0.272 e. The van der Waals surface area contributed by atoms with E-state index in [1.54, 1.807) is 23.6 Å². The molecule has 0 unspecified atom stereocenters. The molecule has 8 heteroatoms. The van der Waals surface area contributed by atoms with Crippen LogP contribution in [0.1, 0.15) is 38.0 Å². The van der Waals surface area contributed by atoms with Gasteiger partial charge in [-0.1, -0.05) is 29.7 Å². The molecular weight excluding hydrogens is 404 g/mol. The molecule has 4 rings (SSSR count). The third-order valence-electron chi connectivity index (χ3n) is 4.71. The minimum absolute atomic E-state index is 0.0639. The molecule has 2 aromatic carbocycles. The number of aryl methyl sites for hydroxylation is 2. The van der Waals surface area contributed by atoms with Gasteiger partial charge in [0.15, 0.2) is 6.10 Å². The average molecular weight is 425 g/mol. The smallest absolute Gasteiger partial charge is 0.272 e. The fraction of sp³-hybridized carbons (Fsp3) is 0.273. The van der Waals surface area contributed by atoms with Gasteiger partial charge in [-0.25, -0.2) is 4.98 Å². The largest absolute Gasteiger partial charge is 0.481 e. The predicted molar refractivity (Wildman–Crippen MR) is 115 cm³/mol. The highest BCUT2D eigenvalue weighted by Crippen LogP contribution is 2.26. The number of ether oxygens (including phenoxy) is 1. The molecule has 2 heterocycles. The molecule has 4 aromatic rings. The van der Waals surface area contributed by atoms with Crippen molar-refractivity contribution in [2.75, 3.05) is 0 Å². The van der Waals surface area contributed by atoms with Crippen molar-refractivity contribution in [1.82, 2.24) is 19.7 Å². The van der Waals surface area contributed by atoms with E-state index in [9.17, 15) is 4.79 Å². The van der Waals surface area contributed by atoms with E-state index >= 15 is 0 Å². The lowest BCUT2D eigenvalue weighted by Gasteiger charge is -2.11. The normalized spacial score (nSPS) is 12.3. The zero-order chi connectivity index (χ0) is 21.3. The van der Waals surface area contributed by atoms with E-state index in [0.29, 0.717) is 40.2 Å². The molecule has 0 saturated heterocycles. The summed E-state index contributed by atoms with van der Waals surface area (Å²) in [6.07, 6.45) is 0.416. The van der Waals surface area contributed by atoms with Crippen molar-refractivity contribution in [1.29, 1.82) is 0 Å². The summed E-state index contributed by atoms with van der Waals surface area (Å²) < 4.78 is 13.0. The molecule has 0 saturated carbocycles. The van der Waals surface area contributed by atoms with E-state index in [4.69, 9.17) is 20.9 Å². The summed E-state index contributed by atoms with van der Waals surface area (Å²) in [5, 5.41) is 4.67. The van der Waals surface area contributed by atoms with Crippen LogP contribution in [-0.2, 0) is 6.54 Å². The van der Waals surface area contributed by atoms with Crippen LogP contribution < -0.4 is 10.3 Å². The van der Waals surface area contributed by atoms with Crippen molar-refractivity contribution < 1.29 is 9.26 Å². The Morgan fingerprint density at radius 2 is 2.03 bits per heavy atom. The van der Waals surface area contributed by atoms with Gasteiger partial charge in [0.1, 0.15) is 11.4 Å². The Labute approximate surface area is 178 Å². The van der Waals surface area contributed by atoms with Gasteiger partial charge in [0.2, 0.25) is 5.82 Å². The van der Waals surface area contributed by atoms with Crippen molar-refractivity contribution in [3.8, 4) is 17.1 Å². The molecule has 0 fully saturated rings. The van der Waals surface area contributed by atoms with Crippen LogP contribution >= 0.6 is 11.6 Å². The second kappa shape index (κ2) is 8.28. The Balaban J connectivity index is 1.64. The first-order chi connectivity index (χ1) is 14.5. The molecule has 0 aliphatic rings. The summed E-state index contributed by atoms with van der Waals surface area (Å²) in [6.45, 7) is 6.23. The van der Waals surface area contributed by atoms with Gasteiger partial charge in [0.05, 0.1) is 11.0 Å². The van der Waals surface area contributed by atoms with Crippen molar-refractivity contribution in [2.24, 2.45) is 0 Å². The van der Waals surface area contributed by atoms with Crippen LogP contribution in [0, 0.1) is 6.92 Å². The molecule has 0 aliphatic heterocycles. The van der Waals surface area contributed by atoms with Gasteiger partial charge < -0.3 is 13.8 Å².